The van der Waals surface area contributed by atoms with E-state index < -0.39 is 11.7 Å². The molecule has 0 spiro atoms. The highest BCUT2D eigenvalue weighted by molar-refractivity contribution is 5.67. The molecule has 4 heteroatoms. The fraction of sp³-hybridized carbons (Fsp3) is 0.0909. The van der Waals surface area contributed by atoms with E-state index in [0.29, 0.717) is 5.56 Å². The van der Waals surface area contributed by atoms with Crippen LogP contribution >= 0.6 is 0 Å². The van der Waals surface area contributed by atoms with Crippen LogP contribution in [-0.2, 0) is 6.18 Å². The SMILES string of the molecule is FC(F)(F)c1ccccc1-c1cc[nH]c1. The molecule has 15 heavy (non-hydrogen) atoms. The van der Waals surface area contributed by atoms with Crippen LogP contribution in [0.5, 0.6) is 0 Å². The molecule has 0 atom stereocenters. The third-order valence-corrected chi connectivity index (χ3v) is 2.14. The van der Waals surface area contributed by atoms with Gasteiger partial charge in [-0.3, -0.25) is 0 Å². The van der Waals surface area contributed by atoms with Crippen LogP contribution in [0.25, 0.3) is 11.1 Å². The standard InChI is InChI=1S/C11H8F3N/c12-11(13,14)10-4-2-1-3-9(10)8-5-6-15-7-8/h1-7,15H. The summed E-state index contributed by atoms with van der Waals surface area (Å²) in [6.07, 6.45) is -1.17. The zero-order chi connectivity index (χ0) is 10.9. The number of halogens is 3. The van der Waals surface area contributed by atoms with Gasteiger partial charge in [-0.15, -0.1) is 0 Å². The largest absolute Gasteiger partial charge is 0.417 e. The second kappa shape index (κ2) is 3.46. The molecule has 2 rings (SSSR count). The van der Waals surface area contributed by atoms with Crippen LogP contribution in [0.3, 0.4) is 0 Å². The molecule has 1 aromatic heterocycles. The van der Waals surface area contributed by atoms with E-state index in [4.69, 9.17) is 0 Å². The number of hydrogen-bond acceptors (Lipinski definition) is 0. The molecule has 0 bridgehead atoms. The van der Waals surface area contributed by atoms with Crippen molar-refractivity contribution in [2.75, 3.05) is 0 Å². The summed E-state index contributed by atoms with van der Waals surface area (Å²) in [6.45, 7) is 0. The lowest BCUT2D eigenvalue weighted by atomic mass is 10.0. The Hall–Kier alpha value is -1.71. The van der Waals surface area contributed by atoms with Crippen LogP contribution < -0.4 is 0 Å². The summed E-state index contributed by atoms with van der Waals surface area (Å²) in [7, 11) is 0. The lowest BCUT2D eigenvalue weighted by Crippen LogP contribution is -2.06. The lowest BCUT2D eigenvalue weighted by molar-refractivity contribution is -0.137. The highest BCUT2D eigenvalue weighted by Gasteiger charge is 2.33. The quantitative estimate of drug-likeness (QED) is 0.740. The first-order valence-corrected chi connectivity index (χ1v) is 4.38. The second-order valence-corrected chi connectivity index (χ2v) is 3.14. The summed E-state index contributed by atoms with van der Waals surface area (Å²) < 4.78 is 37.9. The zero-order valence-corrected chi connectivity index (χ0v) is 7.68. The predicted molar refractivity (Wildman–Crippen MR) is 51.2 cm³/mol. The summed E-state index contributed by atoms with van der Waals surface area (Å²) >= 11 is 0. The molecule has 0 aliphatic rings. The summed E-state index contributed by atoms with van der Waals surface area (Å²) in [5.41, 5.74) is 0.138. The Morgan fingerprint density at radius 2 is 1.73 bits per heavy atom. The van der Waals surface area contributed by atoms with Gasteiger partial charge in [0.2, 0.25) is 0 Å². The third-order valence-electron chi connectivity index (χ3n) is 2.14. The number of nitrogens with one attached hydrogen (secondary N) is 1. The van der Waals surface area contributed by atoms with Crippen molar-refractivity contribution in [2.45, 2.75) is 6.18 Å². The molecule has 1 aromatic carbocycles. The van der Waals surface area contributed by atoms with Gasteiger partial charge >= 0.3 is 6.18 Å². The number of hydrogen-bond donors (Lipinski definition) is 1. The van der Waals surface area contributed by atoms with Gasteiger partial charge in [-0.25, -0.2) is 0 Å². The zero-order valence-electron chi connectivity index (χ0n) is 7.68. The van der Waals surface area contributed by atoms with Crippen molar-refractivity contribution >= 4 is 0 Å². The summed E-state index contributed by atoms with van der Waals surface area (Å²) in [6, 6.07) is 7.15. The van der Waals surface area contributed by atoms with E-state index in [1.165, 1.54) is 12.1 Å². The summed E-state index contributed by atoms with van der Waals surface area (Å²) in [5.74, 6) is 0. The van der Waals surface area contributed by atoms with Gasteiger partial charge in [-0.1, -0.05) is 18.2 Å². The molecule has 0 amide bonds. The number of benzene rings is 1. The van der Waals surface area contributed by atoms with Crippen molar-refractivity contribution in [3.05, 3.63) is 48.3 Å². The van der Waals surface area contributed by atoms with E-state index in [9.17, 15) is 13.2 Å². The number of alkyl halides is 3. The molecular formula is C11H8F3N. The number of rotatable bonds is 1. The van der Waals surface area contributed by atoms with Crippen molar-refractivity contribution in [3.63, 3.8) is 0 Å². The minimum Gasteiger partial charge on any atom is -0.367 e. The Morgan fingerprint density at radius 1 is 1.00 bits per heavy atom. The van der Waals surface area contributed by atoms with Crippen LogP contribution in [0.2, 0.25) is 0 Å². The van der Waals surface area contributed by atoms with Crippen molar-refractivity contribution in [3.8, 4) is 11.1 Å². The monoisotopic (exact) mass is 211 g/mol. The Balaban J connectivity index is 2.58. The predicted octanol–water partition coefficient (Wildman–Crippen LogP) is 3.70. The van der Waals surface area contributed by atoms with E-state index in [2.05, 4.69) is 4.98 Å². The maximum absolute atomic E-state index is 12.6. The molecule has 0 unspecified atom stereocenters. The van der Waals surface area contributed by atoms with Crippen LogP contribution in [0, 0.1) is 0 Å². The van der Waals surface area contributed by atoms with Gasteiger partial charge in [0.05, 0.1) is 5.56 Å². The van der Waals surface area contributed by atoms with Gasteiger partial charge in [0, 0.05) is 12.4 Å². The van der Waals surface area contributed by atoms with Gasteiger partial charge in [0.1, 0.15) is 0 Å². The van der Waals surface area contributed by atoms with E-state index in [1.807, 2.05) is 0 Å². The van der Waals surface area contributed by atoms with Crippen molar-refractivity contribution in [1.29, 1.82) is 0 Å². The molecule has 0 aliphatic carbocycles. The Labute approximate surface area is 84.6 Å². The van der Waals surface area contributed by atoms with Gasteiger partial charge in [0.15, 0.2) is 0 Å². The maximum Gasteiger partial charge on any atom is 0.417 e. The van der Waals surface area contributed by atoms with E-state index in [0.717, 1.165) is 6.07 Å². The van der Waals surface area contributed by atoms with E-state index >= 15 is 0 Å². The van der Waals surface area contributed by atoms with Crippen molar-refractivity contribution in [1.82, 2.24) is 4.98 Å². The molecule has 1 nitrogen and oxygen atoms in total. The Bertz CT molecular complexity index is 443. The Kier molecular flexibility index (Phi) is 2.26. The number of aromatic nitrogens is 1. The average Bonchev–Trinajstić information content (AvgIpc) is 2.69. The van der Waals surface area contributed by atoms with Crippen LogP contribution in [0.15, 0.2) is 42.7 Å². The van der Waals surface area contributed by atoms with Crippen LogP contribution in [0.1, 0.15) is 5.56 Å². The highest BCUT2D eigenvalue weighted by Crippen LogP contribution is 2.36. The van der Waals surface area contributed by atoms with Gasteiger partial charge < -0.3 is 4.98 Å². The molecule has 0 saturated carbocycles. The molecule has 1 heterocycles. The minimum atomic E-state index is -4.31. The fourth-order valence-corrected chi connectivity index (χ4v) is 1.47. The molecule has 0 aliphatic heterocycles. The summed E-state index contributed by atoms with van der Waals surface area (Å²) in [4.78, 5) is 2.74. The third kappa shape index (κ3) is 1.88. The molecule has 0 fully saturated rings. The summed E-state index contributed by atoms with van der Waals surface area (Å²) in [5, 5.41) is 0. The Morgan fingerprint density at radius 3 is 2.33 bits per heavy atom. The topological polar surface area (TPSA) is 15.8 Å². The van der Waals surface area contributed by atoms with Crippen LogP contribution in [-0.4, -0.2) is 4.98 Å². The van der Waals surface area contributed by atoms with Crippen molar-refractivity contribution in [2.24, 2.45) is 0 Å². The first kappa shape index (κ1) is 9.83. The van der Waals surface area contributed by atoms with E-state index in [1.54, 1.807) is 24.5 Å². The first-order valence-electron chi connectivity index (χ1n) is 4.38. The normalized spacial score (nSPS) is 11.7. The molecule has 1 N–H and O–H groups in total. The fourth-order valence-electron chi connectivity index (χ4n) is 1.47. The van der Waals surface area contributed by atoms with E-state index in [-0.39, 0.29) is 5.56 Å². The second-order valence-electron chi connectivity index (χ2n) is 3.14. The highest BCUT2D eigenvalue weighted by atomic mass is 19.4. The van der Waals surface area contributed by atoms with Gasteiger partial charge in [0.25, 0.3) is 0 Å². The van der Waals surface area contributed by atoms with Gasteiger partial charge in [-0.05, 0) is 23.3 Å². The van der Waals surface area contributed by atoms with Gasteiger partial charge in [-0.2, -0.15) is 13.2 Å². The minimum absolute atomic E-state index is 0.200. The number of H-pyrrole nitrogens is 1. The van der Waals surface area contributed by atoms with Crippen molar-refractivity contribution < 1.29 is 13.2 Å². The van der Waals surface area contributed by atoms with Crippen LogP contribution in [0.4, 0.5) is 13.2 Å². The molecule has 2 aromatic rings. The first-order chi connectivity index (χ1) is 7.09. The maximum atomic E-state index is 12.6. The molecular weight excluding hydrogens is 203 g/mol. The average molecular weight is 211 g/mol. The smallest absolute Gasteiger partial charge is 0.367 e. The molecule has 78 valence electrons. The molecule has 0 saturated heterocycles. The molecule has 0 radical (unpaired) electrons. The lowest BCUT2D eigenvalue weighted by Gasteiger charge is -2.11. The number of aromatic amines is 1.